The van der Waals surface area contributed by atoms with Crippen molar-refractivity contribution in [1.82, 2.24) is 4.98 Å². The number of hydrogen-bond donors (Lipinski definition) is 0. The third-order valence-electron chi connectivity index (χ3n) is 7.63. The van der Waals surface area contributed by atoms with Gasteiger partial charge in [-0.3, -0.25) is 14.4 Å². The number of aromatic nitrogens is 1. The maximum absolute atomic E-state index is 13.9. The molecular formula is C27H20ClN3O5. The number of nitrogens with zero attached hydrogens (tertiary/aromatic N) is 3. The van der Waals surface area contributed by atoms with Gasteiger partial charge in [-0.2, -0.15) is 5.26 Å². The van der Waals surface area contributed by atoms with Crippen molar-refractivity contribution < 1.29 is 23.9 Å². The maximum Gasteiger partial charge on any atom is 0.241 e. The normalized spacial score (nSPS) is 28.6. The Morgan fingerprint density at radius 1 is 1.11 bits per heavy atom. The number of benzene rings is 2. The molecule has 0 N–H and O–H groups in total. The summed E-state index contributed by atoms with van der Waals surface area (Å²) in [5, 5.41) is 11.3. The minimum Gasteiger partial charge on any atom is -0.478 e. The van der Waals surface area contributed by atoms with E-state index in [1.54, 1.807) is 55.5 Å². The fraction of sp³-hybridized carbons (Fsp3) is 0.296. The molecule has 0 saturated carbocycles. The Labute approximate surface area is 211 Å². The fourth-order valence-electron chi connectivity index (χ4n) is 6.01. The average Bonchev–Trinajstić information content (AvgIpc) is 3.41. The maximum atomic E-state index is 13.9. The number of ketones is 1. The van der Waals surface area contributed by atoms with E-state index in [0.717, 1.165) is 0 Å². The van der Waals surface area contributed by atoms with Crippen LogP contribution < -0.4 is 9.64 Å². The number of hydrogen-bond acceptors (Lipinski definition) is 7. The van der Waals surface area contributed by atoms with Crippen LogP contribution in [0.3, 0.4) is 0 Å². The van der Waals surface area contributed by atoms with Crippen LogP contribution in [0, 0.1) is 23.2 Å². The van der Waals surface area contributed by atoms with E-state index in [1.165, 1.54) is 11.1 Å². The molecule has 0 radical (unpaired) electrons. The predicted molar refractivity (Wildman–Crippen MR) is 129 cm³/mol. The lowest BCUT2D eigenvalue weighted by Crippen LogP contribution is -2.47. The third-order valence-corrected chi connectivity index (χ3v) is 7.86. The van der Waals surface area contributed by atoms with Crippen molar-refractivity contribution >= 4 is 45.7 Å². The van der Waals surface area contributed by atoms with Crippen molar-refractivity contribution in [2.75, 3.05) is 11.5 Å². The quantitative estimate of drug-likeness (QED) is 0.488. The first kappa shape index (κ1) is 22.7. The van der Waals surface area contributed by atoms with Gasteiger partial charge in [-0.1, -0.05) is 35.9 Å². The SMILES string of the molecule is CC12OC(CCOc3ccc(Cl)cn3)(CC1=O)C1C(=O)N(c3ccc(C#N)c4ccccc34)C(=O)[C@H]12. The third kappa shape index (κ3) is 3.03. The van der Waals surface area contributed by atoms with Gasteiger partial charge in [0.15, 0.2) is 5.78 Å². The standard InChI is InChI=1S/C27H20ClN3O5/c1-26-20(32)12-27(36-26,10-11-35-21-9-7-16(28)14-30-21)23-22(26)24(33)31(25(23)34)19-8-6-15(13-29)17-4-2-3-5-18(17)19/h2-9,14,22-23H,10-12H2,1H3/t22-,23?,26?,27?/m0/s1. The van der Waals surface area contributed by atoms with Gasteiger partial charge in [0.2, 0.25) is 17.7 Å². The molecule has 36 heavy (non-hydrogen) atoms. The molecule has 3 saturated heterocycles. The Balaban J connectivity index is 1.36. The van der Waals surface area contributed by atoms with Crippen LogP contribution in [-0.4, -0.2) is 40.4 Å². The van der Waals surface area contributed by atoms with Gasteiger partial charge in [-0.05, 0) is 25.1 Å². The van der Waals surface area contributed by atoms with E-state index in [9.17, 15) is 19.6 Å². The lowest BCUT2D eigenvalue weighted by atomic mass is 9.66. The second-order valence-corrected chi connectivity index (χ2v) is 9.98. The number of rotatable bonds is 5. The Hall–Kier alpha value is -3.80. The predicted octanol–water partition coefficient (Wildman–Crippen LogP) is 3.84. The molecule has 1 aromatic heterocycles. The summed E-state index contributed by atoms with van der Waals surface area (Å²) in [6.07, 6.45) is 1.73. The molecule has 2 aromatic carbocycles. The molecule has 2 amide bonds. The van der Waals surface area contributed by atoms with Crippen molar-refractivity contribution in [3.05, 3.63) is 65.3 Å². The van der Waals surface area contributed by atoms with Crippen LogP contribution in [-0.2, 0) is 19.1 Å². The summed E-state index contributed by atoms with van der Waals surface area (Å²) in [4.78, 5) is 46.0. The summed E-state index contributed by atoms with van der Waals surface area (Å²) in [6, 6.07) is 15.8. The van der Waals surface area contributed by atoms with E-state index in [4.69, 9.17) is 21.1 Å². The monoisotopic (exact) mass is 501 g/mol. The van der Waals surface area contributed by atoms with E-state index in [0.29, 0.717) is 32.9 Å². The van der Waals surface area contributed by atoms with Gasteiger partial charge in [0, 0.05) is 35.9 Å². The zero-order valence-electron chi connectivity index (χ0n) is 19.2. The van der Waals surface area contributed by atoms with Crippen molar-refractivity contribution in [3.63, 3.8) is 0 Å². The first-order valence-electron chi connectivity index (χ1n) is 11.6. The molecule has 2 bridgehead atoms. The number of pyridine rings is 1. The van der Waals surface area contributed by atoms with E-state index in [2.05, 4.69) is 11.1 Å². The Bertz CT molecular complexity index is 1500. The van der Waals surface area contributed by atoms with E-state index in [1.807, 2.05) is 0 Å². The summed E-state index contributed by atoms with van der Waals surface area (Å²) in [6.45, 7) is 1.75. The number of carbonyl (C=O) groups is 3. The number of nitriles is 1. The van der Waals surface area contributed by atoms with Crippen molar-refractivity contribution in [1.29, 1.82) is 5.26 Å². The highest BCUT2D eigenvalue weighted by molar-refractivity contribution is 6.30. The number of halogens is 1. The second-order valence-electron chi connectivity index (χ2n) is 9.54. The summed E-state index contributed by atoms with van der Waals surface area (Å²) >= 11 is 5.87. The summed E-state index contributed by atoms with van der Waals surface area (Å²) in [5.41, 5.74) is -1.68. The van der Waals surface area contributed by atoms with Crippen LogP contribution in [0.4, 0.5) is 5.69 Å². The molecule has 0 spiro atoms. The van der Waals surface area contributed by atoms with Gasteiger partial charge >= 0.3 is 0 Å². The minimum atomic E-state index is -1.38. The fourth-order valence-corrected chi connectivity index (χ4v) is 6.12. The lowest BCUT2D eigenvalue weighted by molar-refractivity contribution is -0.140. The number of ether oxygens (including phenoxy) is 2. The van der Waals surface area contributed by atoms with Gasteiger partial charge in [0.25, 0.3) is 0 Å². The van der Waals surface area contributed by atoms with Crippen LogP contribution in [0.25, 0.3) is 10.8 Å². The number of Topliss-reactive ketones (excluding diaryl/α,β-unsaturated/α-hetero) is 1. The summed E-state index contributed by atoms with van der Waals surface area (Å²) < 4.78 is 12.0. The van der Waals surface area contributed by atoms with Gasteiger partial charge in [-0.15, -0.1) is 0 Å². The smallest absolute Gasteiger partial charge is 0.241 e. The Morgan fingerprint density at radius 3 is 2.58 bits per heavy atom. The van der Waals surface area contributed by atoms with Crippen LogP contribution >= 0.6 is 11.6 Å². The highest BCUT2D eigenvalue weighted by atomic mass is 35.5. The largest absolute Gasteiger partial charge is 0.478 e. The van der Waals surface area contributed by atoms with Crippen molar-refractivity contribution in [2.45, 2.75) is 31.0 Å². The number of carbonyl (C=O) groups excluding carboxylic acids is 3. The molecule has 3 fully saturated rings. The highest BCUT2D eigenvalue weighted by Crippen LogP contribution is 2.61. The number of anilines is 1. The van der Waals surface area contributed by atoms with Gasteiger partial charge in [0.05, 0.1) is 46.4 Å². The molecule has 8 nitrogen and oxygen atoms in total. The molecule has 3 aliphatic rings. The van der Waals surface area contributed by atoms with E-state index >= 15 is 0 Å². The van der Waals surface area contributed by atoms with Crippen LogP contribution in [0.5, 0.6) is 5.88 Å². The van der Waals surface area contributed by atoms with Crippen LogP contribution in [0.1, 0.15) is 25.3 Å². The molecule has 4 heterocycles. The highest BCUT2D eigenvalue weighted by Gasteiger charge is 2.77. The van der Waals surface area contributed by atoms with Crippen LogP contribution in [0.2, 0.25) is 5.02 Å². The van der Waals surface area contributed by atoms with Gasteiger partial charge < -0.3 is 9.47 Å². The molecule has 0 aliphatic carbocycles. The topological polar surface area (TPSA) is 110 Å². The number of fused-ring (bicyclic) bond motifs is 6. The minimum absolute atomic E-state index is 0.0308. The molecule has 4 atom stereocenters. The Kier molecular flexibility index (Phi) is 4.94. The summed E-state index contributed by atoms with van der Waals surface area (Å²) in [7, 11) is 0. The molecule has 3 aliphatic heterocycles. The van der Waals surface area contributed by atoms with Crippen molar-refractivity contribution in [3.8, 4) is 11.9 Å². The first-order valence-corrected chi connectivity index (χ1v) is 11.9. The number of imide groups is 1. The first-order chi connectivity index (χ1) is 17.3. The van der Waals surface area contributed by atoms with Gasteiger partial charge in [0.1, 0.15) is 5.60 Å². The lowest BCUT2D eigenvalue weighted by Gasteiger charge is -2.30. The zero-order chi connectivity index (χ0) is 25.2. The molecule has 3 unspecified atom stereocenters. The average molecular weight is 502 g/mol. The molecular weight excluding hydrogens is 482 g/mol. The zero-order valence-corrected chi connectivity index (χ0v) is 20.0. The van der Waals surface area contributed by atoms with Crippen LogP contribution in [0.15, 0.2) is 54.7 Å². The second kappa shape index (κ2) is 7.85. The molecule has 3 aromatic rings. The van der Waals surface area contributed by atoms with E-state index in [-0.39, 0.29) is 25.2 Å². The Morgan fingerprint density at radius 2 is 1.86 bits per heavy atom. The number of amides is 2. The molecule has 6 rings (SSSR count). The van der Waals surface area contributed by atoms with E-state index < -0.39 is 34.9 Å². The molecule has 9 heteroatoms. The van der Waals surface area contributed by atoms with Gasteiger partial charge in [-0.25, -0.2) is 9.88 Å². The van der Waals surface area contributed by atoms with Crippen molar-refractivity contribution in [2.24, 2.45) is 11.8 Å². The molecule has 180 valence electrons. The summed E-state index contributed by atoms with van der Waals surface area (Å²) in [5.74, 6) is -2.44.